The maximum absolute atomic E-state index is 13.4. The molecule has 4 heteroatoms. The molecule has 0 bridgehead atoms. The van der Waals surface area contributed by atoms with Gasteiger partial charge in [-0.1, -0.05) is 18.2 Å². The van der Waals surface area contributed by atoms with Crippen LogP contribution in [0.1, 0.15) is 18.4 Å². The predicted molar refractivity (Wildman–Crippen MR) is 55.0 cm³/mol. The molecule has 16 heavy (non-hydrogen) atoms. The molecule has 0 unspecified atom stereocenters. The Morgan fingerprint density at radius 1 is 1.50 bits per heavy atom. The summed E-state index contributed by atoms with van der Waals surface area (Å²) in [5.41, 5.74) is -0.959. The fourth-order valence-electron chi connectivity index (χ4n) is 2.15. The normalized spacial score (nSPS) is 28.3. The van der Waals surface area contributed by atoms with E-state index >= 15 is 0 Å². The van der Waals surface area contributed by atoms with Crippen LogP contribution >= 0.6 is 0 Å². The Labute approximate surface area is 92.9 Å². The highest BCUT2D eigenvalue weighted by Crippen LogP contribution is 2.46. The maximum atomic E-state index is 13.4. The second-order valence-electron chi connectivity index (χ2n) is 4.14. The van der Waals surface area contributed by atoms with Crippen LogP contribution in [0, 0.1) is 11.7 Å². The first-order chi connectivity index (χ1) is 7.57. The molecule has 0 aliphatic heterocycles. The van der Waals surface area contributed by atoms with Crippen molar-refractivity contribution in [3.63, 3.8) is 0 Å². The smallest absolute Gasteiger partial charge is 0.308 e. The largest absolute Gasteiger partial charge is 0.469 e. The van der Waals surface area contributed by atoms with Gasteiger partial charge in [0.15, 0.2) is 0 Å². The van der Waals surface area contributed by atoms with Crippen molar-refractivity contribution in [1.29, 1.82) is 0 Å². The van der Waals surface area contributed by atoms with Crippen LogP contribution in [0.3, 0.4) is 0 Å². The van der Waals surface area contributed by atoms with Crippen LogP contribution < -0.4 is 0 Å². The van der Waals surface area contributed by atoms with E-state index in [1.807, 2.05) is 0 Å². The molecule has 0 atom stereocenters. The highest BCUT2D eigenvalue weighted by atomic mass is 19.1. The molecule has 1 fully saturated rings. The van der Waals surface area contributed by atoms with Crippen molar-refractivity contribution >= 4 is 5.97 Å². The highest BCUT2D eigenvalue weighted by molar-refractivity contribution is 5.74. The summed E-state index contributed by atoms with van der Waals surface area (Å²) in [5.74, 6) is -1.11. The van der Waals surface area contributed by atoms with Gasteiger partial charge in [0.2, 0.25) is 0 Å². The summed E-state index contributed by atoms with van der Waals surface area (Å²) in [6.07, 6.45) is 0.446. The zero-order valence-corrected chi connectivity index (χ0v) is 8.94. The van der Waals surface area contributed by atoms with Gasteiger partial charge < -0.3 is 9.84 Å². The van der Waals surface area contributed by atoms with Gasteiger partial charge in [-0.25, -0.2) is 4.39 Å². The van der Waals surface area contributed by atoms with E-state index in [1.54, 1.807) is 18.2 Å². The topological polar surface area (TPSA) is 46.5 Å². The molecule has 1 aliphatic carbocycles. The Hall–Kier alpha value is -1.42. The van der Waals surface area contributed by atoms with Crippen LogP contribution in [0.5, 0.6) is 0 Å². The fraction of sp³-hybridized carbons (Fsp3) is 0.417. The molecule has 0 aromatic heterocycles. The van der Waals surface area contributed by atoms with Gasteiger partial charge in [0.25, 0.3) is 0 Å². The third kappa shape index (κ3) is 1.69. The zero-order chi connectivity index (χ0) is 11.8. The minimum absolute atomic E-state index is 0.223. The van der Waals surface area contributed by atoms with E-state index in [4.69, 9.17) is 0 Å². The molecular weight excluding hydrogens is 211 g/mol. The average molecular weight is 224 g/mol. The van der Waals surface area contributed by atoms with E-state index in [9.17, 15) is 14.3 Å². The van der Waals surface area contributed by atoms with E-state index in [0.29, 0.717) is 0 Å². The third-order valence-corrected chi connectivity index (χ3v) is 3.08. The Morgan fingerprint density at radius 2 is 2.12 bits per heavy atom. The summed E-state index contributed by atoms with van der Waals surface area (Å²) in [4.78, 5) is 11.2. The number of hydrogen-bond donors (Lipinski definition) is 1. The number of halogens is 1. The molecule has 0 amide bonds. The lowest BCUT2D eigenvalue weighted by molar-refractivity contribution is -0.163. The summed E-state index contributed by atoms with van der Waals surface area (Å²) in [7, 11) is 1.31. The van der Waals surface area contributed by atoms with Crippen LogP contribution in [-0.2, 0) is 15.1 Å². The standard InChI is InChI=1S/C12H13FO3/c1-16-11(14)8-6-12(15,7-8)9-4-2-3-5-10(9)13/h2-5,8,15H,6-7H2,1H3. The number of carbonyl (C=O) groups excluding carboxylic acids is 1. The lowest BCUT2D eigenvalue weighted by atomic mass is 9.67. The number of benzene rings is 1. The maximum Gasteiger partial charge on any atom is 0.308 e. The van der Waals surface area contributed by atoms with Crippen molar-refractivity contribution in [2.45, 2.75) is 18.4 Å². The van der Waals surface area contributed by atoms with Gasteiger partial charge in [0.05, 0.1) is 18.6 Å². The van der Waals surface area contributed by atoms with Crippen molar-refractivity contribution in [3.05, 3.63) is 35.6 Å². The molecule has 1 saturated carbocycles. The first-order valence-electron chi connectivity index (χ1n) is 5.12. The summed E-state index contributed by atoms with van der Waals surface area (Å²) in [5, 5.41) is 10.1. The van der Waals surface area contributed by atoms with Gasteiger partial charge in [-0.05, 0) is 18.9 Å². The van der Waals surface area contributed by atoms with Gasteiger partial charge in [-0.15, -0.1) is 0 Å². The first-order valence-corrected chi connectivity index (χ1v) is 5.12. The van der Waals surface area contributed by atoms with Crippen molar-refractivity contribution < 1.29 is 19.0 Å². The minimum Gasteiger partial charge on any atom is -0.469 e. The Morgan fingerprint density at radius 3 is 2.69 bits per heavy atom. The number of aliphatic hydroxyl groups is 1. The van der Waals surface area contributed by atoms with E-state index in [-0.39, 0.29) is 30.3 Å². The molecule has 0 heterocycles. The Bertz CT molecular complexity index is 410. The van der Waals surface area contributed by atoms with Gasteiger partial charge >= 0.3 is 5.97 Å². The molecule has 1 aromatic carbocycles. The highest BCUT2D eigenvalue weighted by Gasteiger charge is 2.49. The number of rotatable bonds is 2. The lowest BCUT2D eigenvalue weighted by Crippen LogP contribution is -2.45. The van der Waals surface area contributed by atoms with E-state index in [0.717, 1.165) is 0 Å². The SMILES string of the molecule is COC(=O)C1CC(O)(c2ccccc2F)C1. The molecule has 3 nitrogen and oxygen atoms in total. The molecule has 0 saturated heterocycles. The summed E-state index contributed by atoms with van der Waals surface area (Å²) >= 11 is 0. The molecular formula is C12H13FO3. The van der Waals surface area contributed by atoms with Crippen LogP contribution in [-0.4, -0.2) is 18.2 Å². The van der Waals surface area contributed by atoms with Gasteiger partial charge in [0, 0.05) is 5.56 Å². The molecule has 86 valence electrons. The first kappa shape index (κ1) is 11.1. The Kier molecular flexibility index (Phi) is 2.68. The van der Waals surface area contributed by atoms with Crippen LogP contribution in [0.25, 0.3) is 0 Å². The minimum atomic E-state index is -1.22. The number of methoxy groups -OCH3 is 1. The predicted octanol–water partition coefficient (Wildman–Crippen LogP) is 1.60. The summed E-state index contributed by atoms with van der Waals surface area (Å²) in [6.45, 7) is 0. The van der Waals surface area contributed by atoms with Crippen molar-refractivity contribution in [1.82, 2.24) is 0 Å². The summed E-state index contributed by atoms with van der Waals surface area (Å²) in [6, 6.07) is 6.09. The number of esters is 1. The van der Waals surface area contributed by atoms with E-state index in [1.165, 1.54) is 13.2 Å². The fourth-order valence-corrected chi connectivity index (χ4v) is 2.15. The van der Waals surface area contributed by atoms with Crippen molar-refractivity contribution in [2.24, 2.45) is 5.92 Å². The third-order valence-electron chi connectivity index (χ3n) is 3.08. The second-order valence-corrected chi connectivity index (χ2v) is 4.14. The molecule has 0 radical (unpaired) electrons. The van der Waals surface area contributed by atoms with Gasteiger partial charge in [-0.2, -0.15) is 0 Å². The number of carbonyl (C=O) groups is 1. The lowest BCUT2D eigenvalue weighted by Gasteiger charge is -2.42. The van der Waals surface area contributed by atoms with Crippen LogP contribution in [0.15, 0.2) is 24.3 Å². The van der Waals surface area contributed by atoms with Gasteiger partial charge in [-0.3, -0.25) is 4.79 Å². The second kappa shape index (κ2) is 3.87. The van der Waals surface area contributed by atoms with Crippen molar-refractivity contribution in [3.8, 4) is 0 Å². The molecule has 0 spiro atoms. The van der Waals surface area contributed by atoms with Crippen LogP contribution in [0.4, 0.5) is 4.39 Å². The monoisotopic (exact) mass is 224 g/mol. The van der Waals surface area contributed by atoms with E-state index < -0.39 is 11.4 Å². The molecule has 1 aliphatic rings. The quantitative estimate of drug-likeness (QED) is 0.776. The Balaban J connectivity index is 2.14. The number of hydrogen-bond acceptors (Lipinski definition) is 3. The van der Waals surface area contributed by atoms with Gasteiger partial charge in [0.1, 0.15) is 5.82 Å². The zero-order valence-electron chi connectivity index (χ0n) is 8.94. The number of ether oxygens (including phenoxy) is 1. The van der Waals surface area contributed by atoms with Crippen molar-refractivity contribution in [2.75, 3.05) is 7.11 Å². The van der Waals surface area contributed by atoms with Crippen LogP contribution in [0.2, 0.25) is 0 Å². The van der Waals surface area contributed by atoms with E-state index in [2.05, 4.69) is 4.74 Å². The molecule has 2 rings (SSSR count). The summed E-state index contributed by atoms with van der Waals surface area (Å²) < 4.78 is 18.0. The molecule has 1 N–H and O–H groups in total. The molecule has 1 aromatic rings. The average Bonchev–Trinajstić information content (AvgIpc) is 2.24.